The fraction of sp³-hybridized carbons (Fsp3) is 0.227. The smallest absolute Gasteiger partial charge is 0.339 e. The summed E-state index contributed by atoms with van der Waals surface area (Å²) < 4.78 is 6.83. The van der Waals surface area contributed by atoms with E-state index in [2.05, 4.69) is 42.2 Å². The van der Waals surface area contributed by atoms with Crippen molar-refractivity contribution < 1.29 is 14.3 Å². The summed E-state index contributed by atoms with van der Waals surface area (Å²) in [4.78, 5) is 29.8. The predicted molar refractivity (Wildman–Crippen MR) is 121 cm³/mol. The molecule has 3 rings (SSSR count). The van der Waals surface area contributed by atoms with Gasteiger partial charge in [0.15, 0.2) is 6.61 Å². The van der Waals surface area contributed by atoms with Gasteiger partial charge in [-0.25, -0.2) is 4.79 Å². The number of nitrogens with one attached hydrogen (secondary N) is 1. The number of aryl methyl sites for hydroxylation is 2. The van der Waals surface area contributed by atoms with E-state index in [1.54, 1.807) is 0 Å². The molecule has 1 N–H and O–H groups in total. The Balaban J connectivity index is 1.80. The van der Waals surface area contributed by atoms with Gasteiger partial charge < -0.3 is 10.1 Å². The molecule has 0 unspecified atom stereocenters. The Morgan fingerprint density at radius 2 is 1.76 bits per heavy atom. The number of para-hydroxylation sites is 1. The van der Waals surface area contributed by atoms with Crippen molar-refractivity contribution in [2.45, 2.75) is 27.2 Å². The Kier molecular flexibility index (Phi) is 6.70. The highest BCUT2D eigenvalue weighted by Crippen LogP contribution is 2.32. The first-order valence-corrected chi connectivity index (χ1v) is 10.7. The number of pyridine rings is 1. The largest absolute Gasteiger partial charge is 0.452 e. The number of fused-ring (bicyclic) bond motifs is 1. The van der Waals surface area contributed by atoms with Crippen molar-refractivity contribution in [1.29, 1.82) is 0 Å². The van der Waals surface area contributed by atoms with E-state index in [1.807, 2.05) is 57.2 Å². The number of benzene rings is 2. The number of hydrogen-bond acceptors (Lipinski definition) is 4. The van der Waals surface area contributed by atoms with Gasteiger partial charge in [-0.2, -0.15) is 0 Å². The zero-order chi connectivity index (χ0) is 21.1. The third-order valence-electron chi connectivity index (χ3n) is 4.56. The molecule has 0 aliphatic rings. The van der Waals surface area contributed by atoms with E-state index in [4.69, 9.17) is 4.74 Å². The van der Waals surface area contributed by atoms with Gasteiger partial charge in [0, 0.05) is 20.0 Å². The number of aromatic nitrogens is 1. The summed E-state index contributed by atoms with van der Waals surface area (Å²) in [7, 11) is 0. The second-order valence-corrected chi connectivity index (χ2v) is 8.37. The first-order valence-electron chi connectivity index (χ1n) is 9.12. The van der Waals surface area contributed by atoms with Crippen molar-refractivity contribution in [2.75, 3.05) is 11.9 Å². The summed E-state index contributed by atoms with van der Waals surface area (Å²) in [6.07, 6.45) is 0.701. The molecule has 5 nitrogen and oxygen atoms in total. The SMILES string of the molecule is CCc1nc2ccccc2c(C(=O)OCC(=O)Nc2c(Br)cc(C)cc2Br)c1C. The van der Waals surface area contributed by atoms with Crippen molar-refractivity contribution in [2.24, 2.45) is 0 Å². The minimum atomic E-state index is -0.534. The molecule has 29 heavy (non-hydrogen) atoms. The van der Waals surface area contributed by atoms with E-state index in [1.165, 1.54) is 0 Å². The number of halogens is 2. The van der Waals surface area contributed by atoms with Crippen LogP contribution in [0.4, 0.5) is 5.69 Å². The molecule has 0 fully saturated rings. The topological polar surface area (TPSA) is 68.3 Å². The quantitative estimate of drug-likeness (QED) is 0.437. The molecule has 3 aromatic rings. The van der Waals surface area contributed by atoms with Crippen LogP contribution < -0.4 is 5.32 Å². The summed E-state index contributed by atoms with van der Waals surface area (Å²) in [5.74, 6) is -0.955. The maximum Gasteiger partial charge on any atom is 0.339 e. The third kappa shape index (κ3) is 4.67. The van der Waals surface area contributed by atoms with Crippen LogP contribution in [0.15, 0.2) is 45.3 Å². The fourth-order valence-electron chi connectivity index (χ4n) is 3.16. The summed E-state index contributed by atoms with van der Waals surface area (Å²) in [5, 5.41) is 3.48. The standard InChI is InChI=1S/C22H20Br2N2O3/c1-4-17-13(3)20(14-7-5-6-8-18(14)25-17)22(28)29-11-19(27)26-21-15(23)9-12(2)10-16(21)24/h5-10H,4,11H2,1-3H3,(H,26,27). The molecule has 0 radical (unpaired) electrons. The molecule has 0 saturated heterocycles. The van der Waals surface area contributed by atoms with Crippen molar-refractivity contribution in [3.05, 3.63) is 67.7 Å². The summed E-state index contributed by atoms with van der Waals surface area (Å²) >= 11 is 6.87. The van der Waals surface area contributed by atoms with E-state index >= 15 is 0 Å². The first kappa shape index (κ1) is 21.5. The van der Waals surface area contributed by atoms with Crippen LogP contribution >= 0.6 is 31.9 Å². The van der Waals surface area contributed by atoms with E-state index in [0.29, 0.717) is 17.7 Å². The second kappa shape index (κ2) is 9.05. The van der Waals surface area contributed by atoms with E-state index in [0.717, 1.165) is 36.7 Å². The van der Waals surface area contributed by atoms with Crippen LogP contribution in [0.3, 0.4) is 0 Å². The van der Waals surface area contributed by atoms with Gasteiger partial charge in [-0.3, -0.25) is 9.78 Å². The Morgan fingerprint density at radius 1 is 1.10 bits per heavy atom. The van der Waals surface area contributed by atoms with Crippen molar-refractivity contribution in [3.8, 4) is 0 Å². The number of carbonyl (C=O) groups is 2. The lowest BCUT2D eigenvalue weighted by Gasteiger charge is -2.14. The van der Waals surface area contributed by atoms with E-state index in [-0.39, 0.29) is 6.61 Å². The number of anilines is 1. The van der Waals surface area contributed by atoms with Gasteiger partial charge in [0.1, 0.15) is 0 Å². The highest BCUT2D eigenvalue weighted by molar-refractivity contribution is 9.11. The number of hydrogen-bond donors (Lipinski definition) is 1. The molecule has 150 valence electrons. The zero-order valence-electron chi connectivity index (χ0n) is 16.3. The number of nitrogens with zero attached hydrogens (tertiary/aromatic N) is 1. The molecular formula is C22H20Br2N2O3. The molecule has 2 aromatic carbocycles. The zero-order valence-corrected chi connectivity index (χ0v) is 19.5. The average molecular weight is 520 g/mol. The minimum absolute atomic E-state index is 0.386. The first-order chi connectivity index (χ1) is 13.8. The lowest BCUT2D eigenvalue weighted by atomic mass is 10.0. The van der Waals surface area contributed by atoms with Crippen LogP contribution in [-0.2, 0) is 16.0 Å². The van der Waals surface area contributed by atoms with Crippen LogP contribution in [0.25, 0.3) is 10.9 Å². The second-order valence-electron chi connectivity index (χ2n) is 6.66. The fourth-order valence-corrected chi connectivity index (χ4v) is 4.78. The molecule has 0 saturated carbocycles. The molecule has 1 aromatic heterocycles. The number of rotatable bonds is 5. The Morgan fingerprint density at radius 3 is 2.41 bits per heavy atom. The molecule has 0 bridgehead atoms. The molecule has 1 heterocycles. The lowest BCUT2D eigenvalue weighted by molar-refractivity contribution is -0.119. The van der Waals surface area contributed by atoms with E-state index in [9.17, 15) is 9.59 Å². The lowest BCUT2D eigenvalue weighted by Crippen LogP contribution is -2.22. The van der Waals surface area contributed by atoms with E-state index < -0.39 is 11.9 Å². The third-order valence-corrected chi connectivity index (χ3v) is 5.81. The van der Waals surface area contributed by atoms with Crippen molar-refractivity contribution in [3.63, 3.8) is 0 Å². The highest BCUT2D eigenvalue weighted by atomic mass is 79.9. The number of ether oxygens (including phenoxy) is 1. The molecule has 0 aliphatic heterocycles. The van der Waals surface area contributed by atoms with Gasteiger partial charge >= 0.3 is 5.97 Å². The van der Waals surface area contributed by atoms with Gasteiger partial charge in [0.25, 0.3) is 5.91 Å². The maximum atomic E-state index is 12.8. The van der Waals surface area contributed by atoms with Gasteiger partial charge in [-0.15, -0.1) is 0 Å². The Labute approximate surface area is 186 Å². The average Bonchev–Trinajstić information content (AvgIpc) is 2.68. The molecule has 0 aliphatic carbocycles. The Bertz CT molecular complexity index is 1090. The normalized spacial score (nSPS) is 10.8. The maximum absolute atomic E-state index is 12.8. The van der Waals surface area contributed by atoms with Crippen LogP contribution in [0, 0.1) is 13.8 Å². The van der Waals surface area contributed by atoms with Gasteiger partial charge in [0.05, 0.1) is 16.8 Å². The van der Waals surface area contributed by atoms with Gasteiger partial charge in [0.2, 0.25) is 0 Å². The molecule has 1 amide bonds. The molecule has 0 spiro atoms. The summed E-state index contributed by atoms with van der Waals surface area (Å²) in [5.41, 5.74) is 4.44. The van der Waals surface area contributed by atoms with Crippen molar-refractivity contribution in [1.82, 2.24) is 4.98 Å². The number of carbonyl (C=O) groups excluding carboxylic acids is 2. The molecule has 0 atom stereocenters. The van der Waals surface area contributed by atoms with Crippen LogP contribution in [0.2, 0.25) is 0 Å². The highest BCUT2D eigenvalue weighted by Gasteiger charge is 2.20. The van der Waals surface area contributed by atoms with Crippen molar-refractivity contribution >= 4 is 60.3 Å². The number of esters is 1. The summed E-state index contributed by atoms with van der Waals surface area (Å²) in [6, 6.07) is 11.2. The van der Waals surface area contributed by atoms with Gasteiger partial charge in [-0.05, 0) is 81.5 Å². The summed E-state index contributed by atoms with van der Waals surface area (Å²) in [6.45, 7) is 5.41. The monoisotopic (exact) mass is 518 g/mol. The number of amides is 1. The minimum Gasteiger partial charge on any atom is -0.452 e. The molecular weight excluding hydrogens is 500 g/mol. The van der Waals surface area contributed by atoms with Crippen LogP contribution in [0.5, 0.6) is 0 Å². The Hall–Kier alpha value is -2.25. The molecule has 7 heteroatoms. The van der Waals surface area contributed by atoms with Crippen LogP contribution in [-0.4, -0.2) is 23.5 Å². The van der Waals surface area contributed by atoms with Gasteiger partial charge in [-0.1, -0.05) is 25.1 Å². The van der Waals surface area contributed by atoms with Crippen LogP contribution in [0.1, 0.15) is 34.1 Å². The predicted octanol–water partition coefficient (Wildman–Crippen LogP) is 5.73.